The van der Waals surface area contributed by atoms with Gasteiger partial charge in [0, 0.05) is 12.6 Å². The normalized spacial score (nSPS) is 19.8. The Labute approximate surface area is 117 Å². The van der Waals surface area contributed by atoms with Crippen molar-refractivity contribution in [1.29, 1.82) is 0 Å². The zero-order valence-corrected chi connectivity index (χ0v) is 12.7. The fourth-order valence-corrected chi connectivity index (χ4v) is 2.49. The third kappa shape index (κ3) is 3.58. The fourth-order valence-electron chi connectivity index (χ4n) is 2.49. The Morgan fingerprint density at radius 2 is 1.79 bits per heavy atom. The first-order valence-electron chi connectivity index (χ1n) is 7.36. The van der Waals surface area contributed by atoms with Crippen molar-refractivity contribution in [1.82, 2.24) is 5.32 Å². The molecule has 2 rings (SSSR count). The van der Waals surface area contributed by atoms with E-state index in [2.05, 4.69) is 57.3 Å². The van der Waals surface area contributed by atoms with E-state index in [1.807, 2.05) is 0 Å². The smallest absolute Gasteiger partial charge is 0.0771 e. The van der Waals surface area contributed by atoms with Gasteiger partial charge in [-0.05, 0) is 42.7 Å². The van der Waals surface area contributed by atoms with Crippen LogP contribution in [0.4, 0.5) is 0 Å². The molecule has 0 saturated heterocycles. The van der Waals surface area contributed by atoms with Gasteiger partial charge in [0.25, 0.3) is 0 Å². The standard InChI is InChI=1S/C17H27NO/c1-13(18-12-17(19)10-5-11-17)14-6-8-15(9-7-14)16(2,3)4/h6-9,13,18-19H,5,10-12H2,1-4H3. The fraction of sp³-hybridized carbons (Fsp3) is 0.647. The molecule has 1 saturated carbocycles. The van der Waals surface area contributed by atoms with Crippen LogP contribution in [0.2, 0.25) is 0 Å². The lowest BCUT2D eigenvalue weighted by Crippen LogP contribution is -2.46. The van der Waals surface area contributed by atoms with Crippen molar-refractivity contribution in [2.24, 2.45) is 0 Å². The van der Waals surface area contributed by atoms with E-state index in [4.69, 9.17) is 0 Å². The SMILES string of the molecule is CC(NCC1(O)CCC1)c1ccc(C(C)(C)C)cc1. The Hall–Kier alpha value is -0.860. The molecule has 0 bridgehead atoms. The molecule has 0 amide bonds. The van der Waals surface area contributed by atoms with E-state index < -0.39 is 5.60 Å². The molecule has 0 radical (unpaired) electrons. The first kappa shape index (κ1) is 14.5. The largest absolute Gasteiger partial charge is 0.389 e. The third-order valence-corrected chi connectivity index (χ3v) is 4.30. The van der Waals surface area contributed by atoms with E-state index in [1.165, 1.54) is 11.1 Å². The topological polar surface area (TPSA) is 32.3 Å². The second-order valence-electron chi connectivity index (χ2n) is 7.05. The quantitative estimate of drug-likeness (QED) is 0.868. The minimum Gasteiger partial charge on any atom is -0.389 e. The summed E-state index contributed by atoms with van der Waals surface area (Å²) in [7, 11) is 0. The van der Waals surface area contributed by atoms with Crippen LogP contribution in [0.3, 0.4) is 0 Å². The summed E-state index contributed by atoms with van der Waals surface area (Å²) < 4.78 is 0. The molecule has 0 spiro atoms. The van der Waals surface area contributed by atoms with E-state index in [1.54, 1.807) is 0 Å². The van der Waals surface area contributed by atoms with Gasteiger partial charge in [-0.2, -0.15) is 0 Å². The van der Waals surface area contributed by atoms with Gasteiger partial charge in [0.15, 0.2) is 0 Å². The molecule has 19 heavy (non-hydrogen) atoms. The predicted molar refractivity (Wildman–Crippen MR) is 80.4 cm³/mol. The predicted octanol–water partition coefficient (Wildman–Crippen LogP) is 3.55. The summed E-state index contributed by atoms with van der Waals surface area (Å²) in [4.78, 5) is 0. The van der Waals surface area contributed by atoms with Crippen LogP contribution in [0.5, 0.6) is 0 Å². The average molecular weight is 261 g/mol. The van der Waals surface area contributed by atoms with Gasteiger partial charge < -0.3 is 10.4 Å². The van der Waals surface area contributed by atoms with Crippen LogP contribution in [0.25, 0.3) is 0 Å². The van der Waals surface area contributed by atoms with Gasteiger partial charge in [-0.1, -0.05) is 45.0 Å². The maximum atomic E-state index is 10.1. The van der Waals surface area contributed by atoms with Gasteiger partial charge in [0.05, 0.1) is 5.60 Å². The molecule has 1 aliphatic carbocycles. The van der Waals surface area contributed by atoms with Gasteiger partial charge in [-0.3, -0.25) is 0 Å². The zero-order chi connectivity index (χ0) is 14.1. The number of benzene rings is 1. The molecule has 1 fully saturated rings. The average Bonchev–Trinajstić information content (AvgIpc) is 2.33. The molecule has 0 heterocycles. The van der Waals surface area contributed by atoms with E-state index >= 15 is 0 Å². The molecular weight excluding hydrogens is 234 g/mol. The van der Waals surface area contributed by atoms with E-state index in [-0.39, 0.29) is 5.41 Å². The van der Waals surface area contributed by atoms with Crippen LogP contribution in [-0.2, 0) is 5.41 Å². The lowest BCUT2D eigenvalue weighted by atomic mass is 9.80. The van der Waals surface area contributed by atoms with Crippen molar-refractivity contribution >= 4 is 0 Å². The Balaban J connectivity index is 1.93. The molecular formula is C17H27NO. The Morgan fingerprint density at radius 1 is 1.21 bits per heavy atom. The molecule has 1 unspecified atom stereocenters. The highest BCUT2D eigenvalue weighted by molar-refractivity contribution is 5.29. The highest BCUT2D eigenvalue weighted by atomic mass is 16.3. The minimum atomic E-state index is -0.445. The summed E-state index contributed by atoms with van der Waals surface area (Å²) in [5.74, 6) is 0. The molecule has 106 valence electrons. The van der Waals surface area contributed by atoms with E-state index in [9.17, 15) is 5.11 Å². The zero-order valence-electron chi connectivity index (χ0n) is 12.7. The number of aliphatic hydroxyl groups is 1. The van der Waals surface area contributed by atoms with Crippen LogP contribution >= 0.6 is 0 Å². The number of hydrogen-bond acceptors (Lipinski definition) is 2. The summed E-state index contributed by atoms with van der Waals surface area (Å²) in [6, 6.07) is 9.11. The van der Waals surface area contributed by atoms with Crippen molar-refractivity contribution in [2.45, 2.75) is 64.0 Å². The Kier molecular flexibility index (Phi) is 4.03. The maximum absolute atomic E-state index is 10.1. The lowest BCUT2D eigenvalue weighted by molar-refractivity contribution is -0.0329. The summed E-state index contributed by atoms with van der Waals surface area (Å²) in [6.07, 6.45) is 3.04. The van der Waals surface area contributed by atoms with Crippen molar-refractivity contribution in [3.8, 4) is 0 Å². The monoisotopic (exact) mass is 261 g/mol. The van der Waals surface area contributed by atoms with Gasteiger partial charge in [-0.15, -0.1) is 0 Å². The van der Waals surface area contributed by atoms with Crippen LogP contribution in [0, 0.1) is 0 Å². The highest BCUT2D eigenvalue weighted by Crippen LogP contribution is 2.31. The number of rotatable bonds is 4. The van der Waals surface area contributed by atoms with Crippen molar-refractivity contribution in [2.75, 3.05) is 6.54 Å². The second-order valence-corrected chi connectivity index (χ2v) is 7.05. The van der Waals surface area contributed by atoms with Crippen LogP contribution in [0.1, 0.15) is 64.1 Å². The summed E-state index contributed by atoms with van der Waals surface area (Å²) in [6.45, 7) is 9.56. The molecule has 1 aliphatic rings. The summed E-state index contributed by atoms with van der Waals surface area (Å²) in [5, 5.41) is 13.5. The lowest BCUT2D eigenvalue weighted by Gasteiger charge is -2.37. The molecule has 1 aromatic rings. The second kappa shape index (κ2) is 5.26. The van der Waals surface area contributed by atoms with Crippen LogP contribution in [-0.4, -0.2) is 17.3 Å². The Bertz CT molecular complexity index is 412. The van der Waals surface area contributed by atoms with E-state index in [0.717, 1.165) is 19.3 Å². The van der Waals surface area contributed by atoms with Gasteiger partial charge in [-0.25, -0.2) is 0 Å². The highest BCUT2D eigenvalue weighted by Gasteiger charge is 2.34. The van der Waals surface area contributed by atoms with Gasteiger partial charge in [0.1, 0.15) is 0 Å². The molecule has 0 aromatic heterocycles. The van der Waals surface area contributed by atoms with Crippen molar-refractivity contribution < 1.29 is 5.11 Å². The van der Waals surface area contributed by atoms with E-state index in [0.29, 0.717) is 12.6 Å². The first-order chi connectivity index (χ1) is 8.80. The third-order valence-electron chi connectivity index (χ3n) is 4.30. The number of nitrogens with one attached hydrogen (secondary N) is 1. The Morgan fingerprint density at radius 3 is 2.21 bits per heavy atom. The van der Waals surface area contributed by atoms with Crippen LogP contribution < -0.4 is 5.32 Å². The van der Waals surface area contributed by atoms with Crippen LogP contribution in [0.15, 0.2) is 24.3 Å². The minimum absolute atomic E-state index is 0.205. The van der Waals surface area contributed by atoms with Crippen molar-refractivity contribution in [3.05, 3.63) is 35.4 Å². The van der Waals surface area contributed by atoms with Crippen molar-refractivity contribution in [3.63, 3.8) is 0 Å². The van der Waals surface area contributed by atoms with Gasteiger partial charge in [0.2, 0.25) is 0 Å². The molecule has 2 N–H and O–H groups in total. The molecule has 1 aromatic carbocycles. The number of hydrogen-bond donors (Lipinski definition) is 2. The maximum Gasteiger partial charge on any atom is 0.0771 e. The molecule has 1 atom stereocenters. The summed E-state index contributed by atoms with van der Waals surface area (Å²) >= 11 is 0. The molecule has 2 heteroatoms. The van der Waals surface area contributed by atoms with Gasteiger partial charge >= 0.3 is 0 Å². The summed E-state index contributed by atoms with van der Waals surface area (Å²) in [5.41, 5.74) is 2.41. The molecule has 0 aliphatic heterocycles. The first-order valence-corrected chi connectivity index (χ1v) is 7.36. The molecule has 2 nitrogen and oxygen atoms in total.